The molecule has 0 aliphatic carbocycles. The quantitative estimate of drug-likeness (QED) is 0.176. The van der Waals surface area contributed by atoms with E-state index in [9.17, 15) is 0 Å². The molecule has 2 aromatic heterocycles. The van der Waals surface area contributed by atoms with E-state index in [2.05, 4.69) is 0 Å². The van der Waals surface area contributed by atoms with Gasteiger partial charge in [0.05, 0.1) is 39.9 Å². The van der Waals surface area contributed by atoms with Crippen LogP contribution in [0.3, 0.4) is 0 Å². The molecule has 234 valence electrons. The molecule has 0 aliphatic heterocycles. The van der Waals surface area contributed by atoms with Crippen LogP contribution in [-0.4, -0.2) is 9.13 Å². The molecule has 0 spiro atoms. The van der Waals surface area contributed by atoms with Crippen LogP contribution in [0.5, 0.6) is 0 Å². The van der Waals surface area contributed by atoms with Gasteiger partial charge in [-0.1, -0.05) is 133 Å². The van der Waals surface area contributed by atoms with Crippen molar-refractivity contribution in [1.29, 1.82) is 0 Å². The van der Waals surface area contributed by atoms with Crippen molar-refractivity contribution in [2.24, 2.45) is 0 Å². The van der Waals surface area contributed by atoms with Crippen LogP contribution >= 0.6 is 0 Å². The van der Waals surface area contributed by atoms with E-state index < -0.39 is 30.2 Å². The third-order valence-electron chi connectivity index (χ3n) is 9.26. The number of benzene rings is 8. The lowest BCUT2D eigenvalue weighted by Crippen LogP contribution is -1.94. The van der Waals surface area contributed by atoms with Crippen molar-refractivity contribution < 1.29 is 17.8 Å². The maximum Gasteiger partial charge on any atom is 0.0645 e. The summed E-state index contributed by atoms with van der Waals surface area (Å²) in [5.41, 5.74) is 6.61. The molecule has 0 fully saturated rings. The van der Waals surface area contributed by atoms with Crippen LogP contribution in [-0.2, 0) is 0 Å². The Hall–Kier alpha value is -6.64. The zero-order valence-corrected chi connectivity index (χ0v) is 26.4. The van der Waals surface area contributed by atoms with Gasteiger partial charge < -0.3 is 9.13 Å². The Morgan fingerprint density at radius 3 is 1.44 bits per heavy atom. The summed E-state index contributed by atoms with van der Waals surface area (Å²) in [4.78, 5) is 0. The van der Waals surface area contributed by atoms with Crippen molar-refractivity contribution in [3.05, 3.63) is 194 Å². The smallest absolute Gasteiger partial charge is 0.0645 e. The van der Waals surface area contributed by atoms with Crippen LogP contribution in [0.2, 0.25) is 0 Å². The molecule has 10 rings (SSSR count). The molecule has 0 aliphatic rings. The number of para-hydroxylation sites is 2. The average molecular weight is 650 g/mol. The molecule has 0 atom stereocenters. The minimum atomic E-state index is -0.512. The topological polar surface area (TPSA) is 9.86 Å². The van der Waals surface area contributed by atoms with Crippen molar-refractivity contribution in [2.75, 3.05) is 0 Å². The summed E-state index contributed by atoms with van der Waals surface area (Å²) in [5, 5.41) is 1.72. The molecule has 0 N–H and O–H groups in total. The summed E-state index contributed by atoms with van der Waals surface area (Å²) in [6.07, 6.45) is 0. The fourth-order valence-corrected chi connectivity index (χ4v) is 6.96. The van der Waals surface area contributed by atoms with Crippen LogP contribution in [0, 0.1) is 0 Å². The summed E-state index contributed by atoms with van der Waals surface area (Å²) in [7, 11) is 0. The lowest BCUT2D eigenvalue weighted by Gasteiger charge is -2.11. The monoisotopic (exact) mass is 649 g/mol. The number of nitrogens with zero attached hydrogens (tertiary/aromatic N) is 2. The van der Waals surface area contributed by atoms with Crippen molar-refractivity contribution in [3.63, 3.8) is 0 Å². The van der Waals surface area contributed by atoms with E-state index in [4.69, 9.17) is 17.8 Å². The summed E-state index contributed by atoms with van der Waals surface area (Å²) in [6.45, 7) is 0. The fourth-order valence-electron chi connectivity index (χ4n) is 6.96. The van der Waals surface area contributed by atoms with Gasteiger partial charge >= 0.3 is 0 Å². The van der Waals surface area contributed by atoms with E-state index in [0.29, 0.717) is 60.8 Å². The molecule has 10 aromatic rings. The Kier molecular flexibility index (Phi) is 4.19. The van der Waals surface area contributed by atoms with Gasteiger partial charge in [-0.25, -0.2) is 0 Å². The molecule has 2 heteroatoms. The molecule has 0 bridgehead atoms. The zero-order chi connectivity index (χ0) is 44.3. The number of rotatable bonds is 5. The van der Waals surface area contributed by atoms with Crippen LogP contribution in [0.1, 0.15) is 17.8 Å². The second-order valence-corrected chi connectivity index (χ2v) is 12.0. The molecular formula is C48H32N2. The van der Waals surface area contributed by atoms with Crippen molar-refractivity contribution in [2.45, 2.75) is 0 Å². The summed E-state index contributed by atoms with van der Waals surface area (Å²) in [5.74, 6) is 0. The molecule has 0 radical (unpaired) electrons. The Morgan fingerprint density at radius 1 is 0.300 bits per heavy atom. The summed E-state index contributed by atoms with van der Waals surface area (Å²) >= 11 is 0. The van der Waals surface area contributed by atoms with Gasteiger partial charge in [0.1, 0.15) is 0 Å². The summed E-state index contributed by atoms with van der Waals surface area (Å²) in [6, 6.07) is 31.0. The van der Waals surface area contributed by atoms with Crippen LogP contribution in [0.15, 0.2) is 194 Å². The van der Waals surface area contributed by atoms with Crippen LogP contribution in [0.4, 0.5) is 0 Å². The van der Waals surface area contributed by atoms with Gasteiger partial charge in [-0.3, -0.25) is 0 Å². The largest absolute Gasteiger partial charge is 0.309 e. The van der Waals surface area contributed by atoms with Crippen molar-refractivity contribution in [1.82, 2.24) is 9.13 Å². The van der Waals surface area contributed by atoms with Gasteiger partial charge in [-0.2, -0.15) is 0 Å². The van der Waals surface area contributed by atoms with Crippen molar-refractivity contribution >= 4 is 43.6 Å². The Labute approximate surface area is 309 Å². The number of aromatic nitrogens is 2. The van der Waals surface area contributed by atoms with Gasteiger partial charge in [0.25, 0.3) is 0 Å². The second-order valence-electron chi connectivity index (χ2n) is 12.0. The van der Waals surface area contributed by atoms with Gasteiger partial charge in [-0.15, -0.1) is 0 Å². The number of fused-ring (bicyclic) bond motifs is 6. The maximum atomic E-state index is 9.10. The van der Waals surface area contributed by atoms with Crippen molar-refractivity contribution in [3.8, 4) is 44.8 Å². The predicted octanol–water partition coefficient (Wildman–Crippen LogP) is 12.9. The van der Waals surface area contributed by atoms with Crippen LogP contribution in [0.25, 0.3) is 88.4 Å². The van der Waals surface area contributed by atoms with Gasteiger partial charge in [-0.05, 0) is 94.0 Å². The molecule has 50 heavy (non-hydrogen) atoms. The molecule has 2 nitrogen and oxygen atoms in total. The van der Waals surface area contributed by atoms with Gasteiger partial charge in [0.15, 0.2) is 0 Å². The zero-order valence-electron chi connectivity index (χ0n) is 39.4. The Bertz CT molecular complexity index is 3570. The van der Waals surface area contributed by atoms with E-state index >= 15 is 0 Å². The first-order chi connectivity index (χ1) is 30.2. The van der Waals surface area contributed by atoms with E-state index in [1.807, 2.05) is 95.6 Å². The SMILES string of the molecule is [2H]c1c([2H])c([2H])c(-c2cccc(-n3c4ccc(-c5ccc6c(c5)c5c([2H])c([2H])c([2H])c([2H])c5n6-c5ccc(-c6ccccc6)cc5)cc4c4c([2H])c([2H])c([2H])c([2H])c43)c2)c([2H])c1[2H]. The lowest BCUT2D eigenvalue weighted by molar-refractivity contribution is 1.18. The van der Waals surface area contributed by atoms with Crippen LogP contribution < -0.4 is 0 Å². The highest BCUT2D eigenvalue weighted by atomic mass is 15.0. The Morgan fingerprint density at radius 2 is 0.800 bits per heavy atom. The fraction of sp³-hybridized carbons (Fsp3) is 0. The first kappa shape index (κ1) is 18.2. The lowest BCUT2D eigenvalue weighted by atomic mass is 10.0. The standard InChI is InChI=1S/C48H32N2/c1-3-12-33(13-4-1)35-22-26-39(27-23-35)49-45-20-9-7-18-41(45)43-31-37(24-28-47(43)49)38-25-29-48-44(32-38)42-19-8-10-21-46(42)50(48)40-17-11-16-36(30-40)34-14-5-2-6-15-34/h1-32H/i2D,5D,6D,7D,8D,9D,10D,14D,15D,18D,19D,20D,21D. The summed E-state index contributed by atoms with van der Waals surface area (Å²) < 4.78 is 116. The van der Waals surface area contributed by atoms with E-state index in [1.54, 1.807) is 28.8 Å². The average Bonchev–Trinajstić information content (AvgIpc) is 3.84. The highest BCUT2D eigenvalue weighted by Gasteiger charge is 2.16. The molecule has 0 saturated carbocycles. The molecule has 8 aromatic carbocycles. The first-order valence-corrected chi connectivity index (χ1v) is 16.1. The predicted molar refractivity (Wildman–Crippen MR) is 211 cm³/mol. The highest BCUT2D eigenvalue weighted by Crippen LogP contribution is 2.39. The minimum absolute atomic E-state index is 0.00128. The van der Waals surface area contributed by atoms with Gasteiger partial charge in [0.2, 0.25) is 0 Å². The third-order valence-corrected chi connectivity index (χ3v) is 9.26. The maximum absolute atomic E-state index is 9.10. The normalized spacial score (nSPS) is 15.2. The Balaban J connectivity index is 1.19. The molecule has 2 heterocycles. The molecule has 0 saturated heterocycles. The van der Waals surface area contributed by atoms with E-state index in [0.717, 1.165) is 11.1 Å². The third kappa shape index (κ3) is 4.57. The van der Waals surface area contributed by atoms with E-state index in [1.165, 1.54) is 0 Å². The molecular weight excluding hydrogens is 605 g/mol. The number of hydrogen-bond acceptors (Lipinski definition) is 0. The molecule has 0 amide bonds. The second kappa shape index (κ2) is 11.5. The number of hydrogen-bond donors (Lipinski definition) is 0. The van der Waals surface area contributed by atoms with Gasteiger partial charge in [0, 0.05) is 32.9 Å². The van der Waals surface area contributed by atoms with E-state index in [-0.39, 0.29) is 64.8 Å². The highest BCUT2D eigenvalue weighted by molar-refractivity contribution is 6.12. The molecule has 0 unspecified atom stereocenters. The first-order valence-electron chi connectivity index (χ1n) is 22.6. The minimum Gasteiger partial charge on any atom is -0.309 e.